The van der Waals surface area contributed by atoms with Crippen LogP contribution in [-0.2, 0) is 19.9 Å². The molecule has 0 fully saturated rings. The zero-order chi connectivity index (χ0) is 14.4. The first-order chi connectivity index (χ1) is 9.71. The van der Waals surface area contributed by atoms with Crippen LogP contribution < -0.4 is 16.0 Å². The molecule has 2 aromatic rings. The van der Waals surface area contributed by atoms with Crippen LogP contribution in [0.2, 0.25) is 0 Å². The lowest BCUT2D eigenvalue weighted by molar-refractivity contribution is 0.414. The molecule has 5 nitrogen and oxygen atoms in total. The maximum atomic E-state index is 5.65. The van der Waals surface area contributed by atoms with Crippen LogP contribution in [0.4, 0.5) is 0 Å². The minimum absolute atomic E-state index is 0.253. The fourth-order valence-electron chi connectivity index (χ4n) is 2.23. The third-order valence-corrected chi connectivity index (χ3v) is 3.42. The van der Waals surface area contributed by atoms with Crippen LogP contribution in [0, 0.1) is 0 Å². The molecule has 1 heterocycles. The van der Waals surface area contributed by atoms with Crippen molar-refractivity contribution in [2.75, 3.05) is 7.11 Å². The van der Waals surface area contributed by atoms with Crippen LogP contribution in [0.3, 0.4) is 0 Å². The number of hydrogen-bond acceptors (Lipinski definition) is 4. The Morgan fingerprint density at radius 3 is 2.60 bits per heavy atom. The molecule has 0 saturated carbocycles. The number of aromatic nitrogens is 2. The SMILES string of the molecule is COc1ccc(CC(CCc2cnn(C)c2)NN)cc1. The van der Waals surface area contributed by atoms with Crippen LogP contribution >= 0.6 is 0 Å². The monoisotopic (exact) mass is 274 g/mol. The standard InChI is InChI=1S/C15H22N4O/c1-19-11-13(10-17-19)3-6-14(18-16)9-12-4-7-15(20-2)8-5-12/h4-5,7-8,10-11,14,18H,3,6,9,16H2,1-2H3. The highest BCUT2D eigenvalue weighted by Gasteiger charge is 2.09. The van der Waals surface area contributed by atoms with Crippen LogP contribution in [0.5, 0.6) is 5.75 Å². The Morgan fingerprint density at radius 1 is 1.30 bits per heavy atom. The van der Waals surface area contributed by atoms with Gasteiger partial charge in [0.2, 0.25) is 0 Å². The highest BCUT2D eigenvalue weighted by molar-refractivity contribution is 5.27. The van der Waals surface area contributed by atoms with Gasteiger partial charge in [0.15, 0.2) is 0 Å². The van der Waals surface area contributed by atoms with Gasteiger partial charge in [0.05, 0.1) is 13.3 Å². The zero-order valence-electron chi connectivity index (χ0n) is 12.0. The topological polar surface area (TPSA) is 65.1 Å². The number of ether oxygens (including phenoxy) is 1. The number of nitrogens with two attached hydrogens (primary N) is 1. The highest BCUT2D eigenvalue weighted by Crippen LogP contribution is 2.14. The van der Waals surface area contributed by atoms with Crippen molar-refractivity contribution in [2.24, 2.45) is 12.9 Å². The maximum absolute atomic E-state index is 5.65. The van der Waals surface area contributed by atoms with Crippen molar-refractivity contribution in [3.05, 3.63) is 47.8 Å². The number of rotatable bonds is 7. The van der Waals surface area contributed by atoms with Gasteiger partial charge in [-0.25, -0.2) is 0 Å². The highest BCUT2D eigenvalue weighted by atomic mass is 16.5. The zero-order valence-corrected chi connectivity index (χ0v) is 12.0. The van der Waals surface area contributed by atoms with Crippen molar-refractivity contribution in [3.8, 4) is 5.75 Å². The normalized spacial score (nSPS) is 12.3. The number of nitrogens with zero attached hydrogens (tertiary/aromatic N) is 2. The molecule has 1 unspecified atom stereocenters. The summed E-state index contributed by atoms with van der Waals surface area (Å²) in [6, 6.07) is 8.36. The molecule has 0 bridgehead atoms. The largest absolute Gasteiger partial charge is 0.497 e. The van der Waals surface area contributed by atoms with Crippen LogP contribution in [0.25, 0.3) is 0 Å². The molecule has 0 aliphatic rings. The molecule has 2 rings (SSSR count). The van der Waals surface area contributed by atoms with Crippen molar-refractivity contribution < 1.29 is 4.74 Å². The van der Waals surface area contributed by atoms with Crippen molar-refractivity contribution in [3.63, 3.8) is 0 Å². The number of nitrogens with one attached hydrogen (secondary N) is 1. The second-order valence-electron chi connectivity index (χ2n) is 4.98. The van der Waals surface area contributed by atoms with Gasteiger partial charge < -0.3 is 4.74 Å². The summed E-state index contributed by atoms with van der Waals surface area (Å²) in [6.45, 7) is 0. The van der Waals surface area contributed by atoms with E-state index >= 15 is 0 Å². The summed E-state index contributed by atoms with van der Waals surface area (Å²) in [5.41, 5.74) is 5.39. The van der Waals surface area contributed by atoms with Gasteiger partial charge >= 0.3 is 0 Å². The molecular weight excluding hydrogens is 252 g/mol. The number of hydrazine groups is 1. The minimum atomic E-state index is 0.253. The van der Waals surface area contributed by atoms with E-state index in [1.54, 1.807) is 7.11 Å². The summed E-state index contributed by atoms with van der Waals surface area (Å²) in [5, 5.41) is 4.17. The Labute approximate surface area is 119 Å². The van der Waals surface area contributed by atoms with Crippen LogP contribution in [-0.4, -0.2) is 22.9 Å². The van der Waals surface area contributed by atoms with Gasteiger partial charge in [-0.05, 0) is 42.5 Å². The number of benzene rings is 1. The van der Waals surface area contributed by atoms with Crippen molar-refractivity contribution in [2.45, 2.75) is 25.3 Å². The number of hydrogen-bond donors (Lipinski definition) is 2. The molecule has 1 aromatic heterocycles. The van der Waals surface area contributed by atoms with E-state index in [0.717, 1.165) is 25.0 Å². The van der Waals surface area contributed by atoms with Crippen molar-refractivity contribution >= 4 is 0 Å². The van der Waals surface area contributed by atoms with Gasteiger partial charge in [-0.3, -0.25) is 16.0 Å². The quantitative estimate of drug-likeness (QED) is 0.592. The van der Waals surface area contributed by atoms with Gasteiger partial charge in [0, 0.05) is 19.3 Å². The minimum Gasteiger partial charge on any atom is -0.497 e. The lowest BCUT2D eigenvalue weighted by Gasteiger charge is -2.15. The number of aryl methyl sites for hydroxylation is 2. The van der Waals surface area contributed by atoms with Crippen molar-refractivity contribution in [1.29, 1.82) is 0 Å². The van der Waals surface area contributed by atoms with E-state index in [4.69, 9.17) is 10.6 Å². The third kappa shape index (κ3) is 4.08. The third-order valence-electron chi connectivity index (χ3n) is 3.42. The predicted octanol–water partition coefficient (Wildman–Crippen LogP) is 1.44. The molecule has 0 aliphatic heterocycles. The first-order valence-corrected chi connectivity index (χ1v) is 6.78. The molecule has 0 amide bonds. The lowest BCUT2D eigenvalue weighted by atomic mass is 10.0. The van der Waals surface area contributed by atoms with Gasteiger partial charge in [0.1, 0.15) is 5.75 Å². The Bertz CT molecular complexity index is 521. The Morgan fingerprint density at radius 2 is 2.05 bits per heavy atom. The van der Waals surface area contributed by atoms with E-state index < -0.39 is 0 Å². The summed E-state index contributed by atoms with van der Waals surface area (Å²) in [5.74, 6) is 6.53. The van der Waals surface area contributed by atoms with E-state index in [1.807, 2.05) is 36.3 Å². The summed E-state index contributed by atoms with van der Waals surface area (Å²) in [6.07, 6.45) is 6.80. The average Bonchev–Trinajstić information content (AvgIpc) is 2.89. The Balaban J connectivity index is 1.87. The van der Waals surface area contributed by atoms with Gasteiger partial charge in [-0.2, -0.15) is 5.10 Å². The second-order valence-corrected chi connectivity index (χ2v) is 4.98. The molecule has 0 saturated heterocycles. The van der Waals surface area contributed by atoms with Crippen molar-refractivity contribution in [1.82, 2.24) is 15.2 Å². The molecule has 0 spiro atoms. The average molecular weight is 274 g/mol. The van der Waals surface area contributed by atoms with Crippen LogP contribution in [0.1, 0.15) is 17.5 Å². The van der Waals surface area contributed by atoms with E-state index in [2.05, 4.69) is 22.7 Å². The van der Waals surface area contributed by atoms with Crippen LogP contribution in [0.15, 0.2) is 36.7 Å². The molecule has 0 radical (unpaired) electrons. The molecule has 0 aliphatic carbocycles. The molecule has 5 heteroatoms. The van der Waals surface area contributed by atoms with Gasteiger partial charge in [-0.15, -0.1) is 0 Å². The van der Waals surface area contributed by atoms with Gasteiger partial charge in [-0.1, -0.05) is 12.1 Å². The molecule has 108 valence electrons. The fourth-order valence-corrected chi connectivity index (χ4v) is 2.23. The fraction of sp³-hybridized carbons (Fsp3) is 0.400. The molecule has 1 atom stereocenters. The molecule has 3 N–H and O–H groups in total. The summed E-state index contributed by atoms with van der Waals surface area (Å²) in [4.78, 5) is 0. The summed E-state index contributed by atoms with van der Waals surface area (Å²) < 4.78 is 6.98. The lowest BCUT2D eigenvalue weighted by Crippen LogP contribution is -2.37. The maximum Gasteiger partial charge on any atom is 0.118 e. The Kier molecular flexibility index (Phi) is 5.15. The van der Waals surface area contributed by atoms with E-state index in [0.29, 0.717) is 0 Å². The first kappa shape index (κ1) is 14.6. The number of methoxy groups -OCH3 is 1. The predicted molar refractivity (Wildman–Crippen MR) is 79.3 cm³/mol. The first-order valence-electron chi connectivity index (χ1n) is 6.78. The second kappa shape index (κ2) is 7.07. The summed E-state index contributed by atoms with van der Waals surface area (Å²) in [7, 11) is 3.60. The molecule has 20 heavy (non-hydrogen) atoms. The molecule has 1 aromatic carbocycles. The van der Waals surface area contributed by atoms with E-state index in [9.17, 15) is 0 Å². The Hall–Kier alpha value is -1.85. The van der Waals surface area contributed by atoms with Gasteiger partial charge in [0.25, 0.3) is 0 Å². The summed E-state index contributed by atoms with van der Waals surface area (Å²) >= 11 is 0. The van der Waals surface area contributed by atoms with E-state index in [-0.39, 0.29) is 6.04 Å². The van der Waals surface area contributed by atoms with E-state index in [1.165, 1.54) is 11.1 Å². The smallest absolute Gasteiger partial charge is 0.118 e. The molecular formula is C15H22N4O.